The molecule has 0 saturated heterocycles. The molecule has 2 aliphatic heterocycles. The Hall–Kier alpha value is -8.34. The van der Waals surface area contributed by atoms with Gasteiger partial charge in [0.15, 0.2) is 23.0 Å². The van der Waals surface area contributed by atoms with Crippen LogP contribution in [0.1, 0.15) is 31.4 Å². The fourth-order valence-corrected chi connectivity index (χ4v) is 11.9. The van der Waals surface area contributed by atoms with Gasteiger partial charge in [-0.05, 0) is 144 Å². The highest BCUT2D eigenvalue weighted by Gasteiger charge is 2.39. The molecule has 0 spiro atoms. The number of nitrogens with zero attached hydrogens (tertiary/aromatic N) is 2. The number of rotatable bonds is 4. The third-order valence-electron chi connectivity index (χ3n) is 14.7. The van der Waals surface area contributed by atoms with Crippen LogP contribution in [0, 0.1) is 0 Å². The summed E-state index contributed by atoms with van der Waals surface area (Å²) >= 11 is 0. The van der Waals surface area contributed by atoms with Crippen molar-refractivity contribution in [2.75, 3.05) is 9.80 Å². The van der Waals surface area contributed by atoms with Gasteiger partial charge in [0.05, 0.1) is 28.8 Å². The van der Waals surface area contributed by atoms with Crippen LogP contribution in [0.4, 0.5) is 28.4 Å². The molecule has 14 rings (SSSR count). The van der Waals surface area contributed by atoms with Gasteiger partial charge in [0.25, 0.3) is 0 Å². The largest absolute Gasteiger partial charge is 0.453 e. The van der Waals surface area contributed by atoms with E-state index in [4.69, 9.17) is 9.47 Å². The molecule has 4 nitrogen and oxygen atoms in total. The molecule has 0 N–H and O–H groups in total. The van der Waals surface area contributed by atoms with Crippen molar-refractivity contribution in [3.05, 3.63) is 222 Å². The van der Waals surface area contributed by atoms with Crippen LogP contribution >= 0.6 is 0 Å². The molecule has 0 fully saturated rings. The molecule has 1 unspecified atom stereocenters. The van der Waals surface area contributed by atoms with Crippen molar-refractivity contribution in [1.29, 1.82) is 0 Å². The summed E-state index contributed by atoms with van der Waals surface area (Å²) in [6.07, 6.45) is 5.91. The van der Waals surface area contributed by atoms with Gasteiger partial charge in [-0.15, -0.1) is 0 Å². The van der Waals surface area contributed by atoms with Crippen LogP contribution in [0.3, 0.4) is 0 Å². The molecule has 2 heterocycles. The predicted molar refractivity (Wildman–Crippen MR) is 276 cm³/mol. The first-order valence-corrected chi connectivity index (χ1v) is 23.4. The molecule has 4 heteroatoms. The van der Waals surface area contributed by atoms with E-state index in [-0.39, 0.29) is 11.5 Å². The maximum absolute atomic E-state index is 6.57. The quantitative estimate of drug-likeness (QED) is 0.176. The monoisotopic (exact) mass is 860 g/mol. The summed E-state index contributed by atoms with van der Waals surface area (Å²) in [4.78, 5) is 4.88. The van der Waals surface area contributed by atoms with Crippen molar-refractivity contribution >= 4 is 62.1 Å². The van der Waals surface area contributed by atoms with E-state index in [1.807, 2.05) is 12.1 Å². The Morgan fingerprint density at radius 1 is 0.448 bits per heavy atom. The minimum Gasteiger partial charge on any atom is -0.453 e. The third kappa shape index (κ3) is 5.53. The molecule has 0 amide bonds. The fraction of sp³-hybridized carbons (Fsp3) is 0.0794. The average molecular weight is 861 g/mol. The lowest BCUT2D eigenvalue weighted by molar-refractivity contribution is 0.471. The summed E-state index contributed by atoms with van der Waals surface area (Å²) in [6.45, 7) is 4.82. The Morgan fingerprint density at radius 2 is 0.985 bits per heavy atom. The van der Waals surface area contributed by atoms with Gasteiger partial charge in [-0.1, -0.05) is 166 Å². The van der Waals surface area contributed by atoms with Crippen molar-refractivity contribution in [1.82, 2.24) is 0 Å². The summed E-state index contributed by atoms with van der Waals surface area (Å²) in [7, 11) is 0. The van der Waals surface area contributed by atoms with Gasteiger partial charge in [-0.25, -0.2) is 0 Å². The molecule has 67 heavy (non-hydrogen) atoms. The van der Waals surface area contributed by atoms with E-state index in [0.29, 0.717) is 0 Å². The highest BCUT2D eigenvalue weighted by Crippen LogP contribution is 2.55. The van der Waals surface area contributed by atoms with Crippen molar-refractivity contribution in [3.63, 3.8) is 0 Å². The average Bonchev–Trinajstić information content (AvgIpc) is 3.62. The van der Waals surface area contributed by atoms with Crippen molar-refractivity contribution in [2.45, 2.75) is 31.7 Å². The maximum Gasteiger partial charge on any atom is 0.151 e. The lowest BCUT2D eigenvalue weighted by Gasteiger charge is -2.38. The molecule has 318 valence electrons. The van der Waals surface area contributed by atoms with E-state index in [1.165, 1.54) is 76.5 Å². The van der Waals surface area contributed by atoms with Crippen molar-refractivity contribution in [2.24, 2.45) is 0 Å². The molecule has 2 aliphatic carbocycles. The summed E-state index contributed by atoms with van der Waals surface area (Å²) in [5, 5.41) is 7.39. The van der Waals surface area contributed by atoms with E-state index < -0.39 is 0 Å². The lowest BCUT2D eigenvalue weighted by atomic mass is 9.76. The molecule has 0 radical (unpaired) electrons. The Balaban J connectivity index is 1.13. The number of hydrogen-bond acceptors (Lipinski definition) is 4. The topological polar surface area (TPSA) is 24.9 Å². The van der Waals surface area contributed by atoms with Crippen LogP contribution in [0.15, 0.2) is 200 Å². The molecule has 1 atom stereocenters. The number of ether oxygens (including phenoxy) is 2. The zero-order chi connectivity index (χ0) is 44.4. The first kappa shape index (κ1) is 38.0. The Bertz CT molecular complexity index is 3770. The molecule has 10 aromatic rings. The molecular weight excluding hydrogens is 817 g/mol. The molecule has 0 bridgehead atoms. The highest BCUT2D eigenvalue weighted by atomic mass is 16.5. The van der Waals surface area contributed by atoms with Crippen LogP contribution < -0.4 is 29.7 Å². The summed E-state index contributed by atoms with van der Waals surface area (Å²) in [5.74, 6) is 3.41. The normalized spacial score (nSPS) is 15.6. The molecule has 0 saturated carbocycles. The number of para-hydroxylation sites is 8. The van der Waals surface area contributed by atoms with Crippen LogP contribution in [-0.4, -0.2) is 6.04 Å². The van der Waals surface area contributed by atoms with E-state index >= 15 is 0 Å². The first-order chi connectivity index (χ1) is 33.0. The molecule has 4 aliphatic rings. The van der Waals surface area contributed by atoms with Gasteiger partial charge in [-0.2, -0.15) is 0 Å². The van der Waals surface area contributed by atoms with E-state index in [9.17, 15) is 0 Å². The summed E-state index contributed by atoms with van der Waals surface area (Å²) in [5.41, 5.74) is 15.4. The van der Waals surface area contributed by atoms with Gasteiger partial charge in [0.2, 0.25) is 0 Å². The Morgan fingerprint density at radius 3 is 1.72 bits per heavy atom. The second-order valence-corrected chi connectivity index (χ2v) is 18.7. The van der Waals surface area contributed by atoms with Crippen LogP contribution in [0.5, 0.6) is 23.0 Å². The van der Waals surface area contributed by atoms with E-state index in [1.54, 1.807) is 0 Å². The minimum absolute atomic E-state index is 0.00198. The fourth-order valence-electron chi connectivity index (χ4n) is 11.9. The Kier molecular flexibility index (Phi) is 8.12. The SMILES string of the molecule is CC1(C)c2ccccc2-c2cccc(-c3c4c(c(-c5cccc6ccccc56)c5cc(N6c7ccccc7Oc7ccccc76)ccc35)=CCC(N3c5ccccc5Oc5ccccc53)C=4)c21. The zero-order valence-corrected chi connectivity index (χ0v) is 37.2. The predicted octanol–water partition coefficient (Wildman–Crippen LogP) is 15.5. The van der Waals surface area contributed by atoms with Gasteiger partial charge < -0.3 is 19.3 Å². The van der Waals surface area contributed by atoms with Crippen molar-refractivity contribution < 1.29 is 9.47 Å². The standard InChI is InChI=1S/C63H44N2O2/c1-63(2)51-24-6-5-20-43(51)47-22-16-23-48(62(47)63)61-46-36-34-40(64-52-25-7-11-29-56(52)66-57-30-12-8-26-53(57)64)37-49(46)60(44-21-15-18-39-17-3-4-19-42(39)44)45-35-33-41(38-50(45)61)65-54-27-9-13-31-58(54)67-59-32-14-10-28-55(59)65/h3-32,34-38,41H,33H2,1-2H3. The van der Waals surface area contributed by atoms with Crippen LogP contribution in [-0.2, 0) is 5.41 Å². The number of anilines is 5. The van der Waals surface area contributed by atoms with Gasteiger partial charge in [0.1, 0.15) is 0 Å². The van der Waals surface area contributed by atoms with E-state index in [0.717, 1.165) is 57.9 Å². The smallest absolute Gasteiger partial charge is 0.151 e. The molecular formula is C63H44N2O2. The van der Waals surface area contributed by atoms with Gasteiger partial charge in [0, 0.05) is 11.1 Å². The summed E-state index contributed by atoms with van der Waals surface area (Å²) in [6, 6.07) is 72.5. The van der Waals surface area contributed by atoms with Gasteiger partial charge >= 0.3 is 0 Å². The second kappa shape index (κ2) is 14.3. The minimum atomic E-state index is -0.239. The number of hydrogen-bond donors (Lipinski definition) is 0. The second-order valence-electron chi connectivity index (χ2n) is 18.7. The zero-order valence-electron chi connectivity index (χ0n) is 37.2. The third-order valence-corrected chi connectivity index (χ3v) is 14.7. The van der Waals surface area contributed by atoms with Crippen LogP contribution in [0.25, 0.3) is 67.1 Å². The lowest BCUT2D eigenvalue weighted by Crippen LogP contribution is -2.41. The Labute approximate surface area is 389 Å². The molecule has 10 aromatic carbocycles. The van der Waals surface area contributed by atoms with E-state index in [2.05, 4.69) is 224 Å². The molecule has 0 aromatic heterocycles. The first-order valence-electron chi connectivity index (χ1n) is 23.4. The number of fused-ring (bicyclic) bond motifs is 10. The van der Waals surface area contributed by atoms with Crippen LogP contribution in [0.2, 0.25) is 0 Å². The van der Waals surface area contributed by atoms with Gasteiger partial charge in [-0.3, -0.25) is 0 Å². The number of benzene rings is 10. The maximum atomic E-state index is 6.57. The highest BCUT2D eigenvalue weighted by molar-refractivity contribution is 6.13. The van der Waals surface area contributed by atoms with Crippen molar-refractivity contribution in [3.8, 4) is 56.4 Å². The summed E-state index contributed by atoms with van der Waals surface area (Å²) < 4.78 is 13.1.